The fourth-order valence-corrected chi connectivity index (χ4v) is 1.85. The Morgan fingerprint density at radius 1 is 1.25 bits per heavy atom. The minimum absolute atomic E-state index is 0.0197. The Morgan fingerprint density at radius 2 is 2.05 bits per heavy atom. The van der Waals surface area contributed by atoms with Crippen LogP contribution in [0.15, 0.2) is 18.2 Å². The molecule has 20 heavy (non-hydrogen) atoms. The van der Waals surface area contributed by atoms with E-state index in [0.29, 0.717) is 26.2 Å². The van der Waals surface area contributed by atoms with Gasteiger partial charge in [-0.2, -0.15) is 0 Å². The fourth-order valence-electron chi connectivity index (χ4n) is 1.85. The quantitative estimate of drug-likeness (QED) is 0.707. The van der Waals surface area contributed by atoms with E-state index in [4.69, 9.17) is 9.47 Å². The summed E-state index contributed by atoms with van der Waals surface area (Å²) >= 11 is 0. The van der Waals surface area contributed by atoms with Gasteiger partial charge in [0.25, 0.3) is 0 Å². The van der Waals surface area contributed by atoms with Crippen molar-refractivity contribution in [1.29, 1.82) is 0 Å². The highest BCUT2D eigenvalue weighted by Crippen LogP contribution is 2.18. The molecule has 4 heteroatoms. The summed E-state index contributed by atoms with van der Waals surface area (Å²) in [6, 6.07) is 6.03. The van der Waals surface area contributed by atoms with Crippen molar-refractivity contribution in [2.45, 2.75) is 33.6 Å². The molecule has 112 valence electrons. The lowest BCUT2D eigenvalue weighted by atomic mass is 10.1. The van der Waals surface area contributed by atoms with Gasteiger partial charge < -0.3 is 14.8 Å². The van der Waals surface area contributed by atoms with Crippen LogP contribution in [0.25, 0.3) is 0 Å². The van der Waals surface area contributed by atoms with Gasteiger partial charge >= 0.3 is 0 Å². The van der Waals surface area contributed by atoms with E-state index >= 15 is 0 Å². The molecule has 0 aliphatic rings. The summed E-state index contributed by atoms with van der Waals surface area (Å²) in [6.45, 7) is 8.49. The largest absolute Gasteiger partial charge is 0.493 e. The van der Waals surface area contributed by atoms with Crippen molar-refractivity contribution in [2.24, 2.45) is 0 Å². The van der Waals surface area contributed by atoms with Crippen LogP contribution >= 0.6 is 0 Å². The van der Waals surface area contributed by atoms with Crippen molar-refractivity contribution in [3.8, 4) is 5.75 Å². The number of carbonyl (C=O) groups excluding carboxylic acids is 1. The third kappa shape index (κ3) is 6.57. The monoisotopic (exact) mass is 279 g/mol. The number of aryl methyl sites for hydroxylation is 2. The maximum atomic E-state index is 11.6. The van der Waals surface area contributed by atoms with Crippen molar-refractivity contribution in [3.05, 3.63) is 29.3 Å². The van der Waals surface area contributed by atoms with Crippen LogP contribution in [0.4, 0.5) is 0 Å². The number of nitrogens with one attached hydrogen (secondary N) is 1. The molecule has 1 N–H and O–H groups in total. The zero-order valence-corrected chi connectivity index (χ0v) is 12.7. The Hall–Kier alpha value is -1.55. The van der Waals surface area contributed by atoms with E-state index in [2.05, 4.69) is 11.4 Å². The Labute approximate surface area is 121 Å². The first-order valence-corrected chi connectivity index (χ1v) is 7.18. The lowest BCUT2D eigenvalue weighted by molar-refractivity contribution is -0.121. The molecule has 0 aliphatic heterocycles. The van der Waals surface area contributed by atoms with Gasteiger partial charge in [-0.15, -0.1) is 0 Å². The molecule has 0 bridgehead atoms. The molecule has 4 nitrogen and oxygen atoms in total. The summed E-state index contributed by atoms with van der Waals surface area (Å²) < 4.78 is 10.8. The van der Waals surface area contributed by atoms with E-state index in [1.54, 1.807) is 0 Å². The highest BCUT2D eigenvalue weighted by Gasteiger charge is 2.03. The normalized spacial score (nSPS) is 10.3. The number of benzene rings is 1. The van der Waals surface area contributed by atoms with Crippen molar-refractivity contribution in [3.63, 3.8) is 0 Å². The zero-order valence-electron chi connectivity index (χ0n) is 12.7. The predicted molar refractivity (Wildman–Crippen MR) is 80.1 cm³/mol. The molecule has 1 rings (SSSR count). The van der Waals surface area contributed by atoms with E-state index in [-0.39, 0.29) is 5.91 Å². The van der Waals surface area contributed by atoms with Crippen LogP contribution in [0.3, 0.4) is 0 Å². The molecule has 0 fully saturated rings. The van der Waals surface area contributed by atoms with Crippen LogP contribution in [0.5, 0.6) is 5.75 Å². The predicted octanol–water partition coefficient (Wildman–Crippen LogP) is 2.62. The number of hydrogen-bond acceptors (Lipinski definition) is 3. The average Bonchev–Trinajstić information content (AvgIpc) is 2.41. The molecule has 0 spiro atoms. The van der Waals surface area contributed by atoms with Crippen molar-refractivity contribution >= 4 is 5.91 Å². The Bertz CT molecular complexity index is 418. The molecular weight excluding hydrogens is 254 g/mol. The Balaban J connectivity index is 2.15. The molecule has 0 saturated heterocycles. The second-order valence-electron chi connectivity index (χ2n) is 4.77. The van der Waals surface area contributed by atoms with Gasteiger partial charge in [-0.05, 0) is 38.8 Å². The molecule has 0 heterocycles. The summed E-state index contributed by atoms with van der Waals surface area (Å²) in [5, 5.41) is 2.85. The molecule has 1 aromatic carbocycles. The Kier molecular flexibility index (Phi) is 7.73. The molecule has 1 aromatic rings. The first kappa shape index (κ1) is 16.5. The van der Waals surface area contributed by atoms with Gasteiger partial charge in [0.1, 0.15) is 5.75 Å². The number of carbonyl (C=O) groups is 1. The van der Waals surface area contributed by atoms with Crippen molar-refractivity contribution in [1.82, 2.24) is 5.32 Å². The number of hydrogen-bond donors (Lipinski definition) is 1. The maximum absolute atomic E-state index is 11.6. The van der Waals surface area contributed by atoms with Crippen molar-refractivity contribution < 1.29 is 14.3 Å². The van der Waals surface area contributed by atoms with Gasteiger partial charge in [0.05, 0.1) is 13.0 Å². The molecular formula is C16H25NO3. The van der Waals surface area contributed by atoms with Crippen LogP contribution in [-0.2, 0) is 9.53 Å². The second kappa shape index (κ2) is 9.37. The van der Waals surface area contributed by atoms with E-state index in [1.807, 2.05) is 32.9 Å². The van der Waals surface area contributed by atoms with E-state index in [9.17, 15) is 4.79 Å². The summed E-state index contributed by atoms with van der Waals surface area (Å²) in [5.41, 5.74) is 2.31. The summed E-state index contributed by atoms with van der Waals surface area (Å²) in [5.74, 6) is 0.867. The highest BCUT2D eigenvalue weighted by atomic mass is 16.5. The van der Waals surface area contributed by atoms with Gasteiger partial charge in [-0.25, -0.2) is 0 Å². The van der Waals surface area contributed by atoms with Crippen LogP contribution in [0.1, 0.15) is 30.9 Å². The minimum atomic E-state index is 0.0197. The summed E-state index contributed by atoms with van der Waals surface area (Å²) in [7, 11) is 0. The highest BCUT2D eigenvalue weighted by molar-refractivity contribution is 5.75. The van der Waals surface area contributed by atoms with Gasteiger partial charge in [0.15, 0.2) is 0 Å². The Morgan fingerprint density at radius 3 is 2.75 bits per heavy atom. The fraction of sp³-hybridized carbons (Fsp3) is 0.562. The number of ether oxygens (including phenoxy) is 2. The third-order valence-electron chi connectivity index (χ3n) is 2.91. The van der Waals surface area contributed by atoms with Crippen LogP contribution in [-0.4, -0.2) is 32.3 Å². The lowest BCUT2D eigenvalue weighted by Gasteiger charge is -2.10. The molecule has 0 saturated carbocycles. The van der Waals surface area contributed by atoms with Crippen LogP contribution in [0.2, 0.25) is 0 Å². The molecule has 0 radical (unpaired) electrons. The molecule has 0 aromatic heterocycles. The van der Waals surface area contributed by atoms with Gasteiger partial charge in [0.2, 0.25) is 5.91 Å². The second-order valence-corrected chi connectivity index (χ2v) is 4.77. The van der Waals surface area contributed by atoms with E-state index in [0.717, 1.165) is 24.3 Å². The smallest absolute Gasteiger partial charge is 0.223 e. The zero-order chi connectivity index (χ0) is 14.8. The summed E-state index contributed by atoms with van der Waals surface area (Å²) in [4.78, 5) is 11.6. The molecule has 0 aliphatic carbocycles. The van der Waals surface area contributed by atoms with Crippen molar-refractivity contribution in [2.75, 3.05) is 26.4 Å². The number of rotatable bonds is 9. The van der Waals surface area contributed by atoms with Gasteiger partial charge in [0, 0.05) is 19.8 Å². The van der Waals surface area contributed by atoms with Crippen LogP contribution in [0, 0.1) is 13.8 Å². The van der Waals surface area contributed by atoms with Gasteiger partial charge in [-0.3, -0.25) is 4.79 Å². The first-order chi connectivity index (χ1) is 9.63. The minimum Gasteiger partial charge on any atom is -0.493 e. The van der Waals surface area contributed by atoms with Gasteiger partial charge in [-0.1, -0.05) is 17.7 Å². The van der Waals surface area contributed by atoms with E-state index in [1.165, 1.54) is 5.56 Å². The lowest BCUT2D eigenvalue weighted by Crippen LogP contribution is -2.26. The number of amides is 1. The average molecular weight is 279 g/mol. The maximum Gasteiger partial charge on any atom is 0.223 e. The SMILES string of the molecule is CCOCCCNC(=O)CCOc1ccc(C)cc1C. The standard InChI is InChI=1S/C16H25NO3/c1-4-19-10-5-9-17-16(18)8-11-20-15-7-6-13(2)12-14(15)3/h6-7,12H,4-5,8-11H2,1-3H3,(H,17,18). The molecule has 1 amide bonds. The van der Waals surface area contributed by atoms with Crippen LogP contribution < -0.4 is 10.1 Å². The topological polar surface area (TPSA) is 47.6 Å². The van der Waals surface area contributed by atoms with E-state index < -0.39 is 0 Å². The molecule has 0 unspecified atom stereocenters. The molecule has 0 atom stereocenters. The summed E-state index contributed by atoms with van der Waals surface area (Å²) in [6.07, 6.45) is 1.22. The third-order valence-corrected chi connectivity index (χ3v) is 2.91. The first-order valence-electron chi connectivity index (χ1n) is 7.18.